The fraction of sp³-hybridized carbons (Fsp3) is 0.588. The normalized spacial score (nSPS) is 23.9. The van der Waals surface area contributed by atoms with E-state index in [4.69, 9.17) is 9.47 Å². The van der Waals surface area contributed by atoms with E-state index in [0.29, 0.717) is 10.9 Å². The first kappa shape index (κ1) is 21.0. The maximum absolute atomic E-state index is 12.8. The molecule has 2 aliphatic rings. The molecular formula is C17H24N2O7S2. The summed E-state index contributed by atoms with van der Waals surface area (Å²) < 4.78 is 64.3. The second-order valence-electron chi connectivity index (χ2n) is 7.53. The molecule has 0 spiro atoms. The molecule has 1 atom stereocenters. The Morgan fingerprint density at radius 2 is 2.07 bits per heavy atom. The highest BCUT2D eigenvalue weighted by Gasteiger charge is 2.50. The van der Waals surface area contributed by atoms with Crippen LogP contribution in [0.15, 0.2) is 23.1 Å². The number of carbonyl (C=O) groups excluding carboxylic acids is 1. The fourth-order valence-corrected chi connectivity index (χ4v) is 6.70. The van der Waals surface area contributed by atoms with Crippen LogP contribution < -0.4 is 13.8 Å². The van der Waals surface area contributed by atoms with Crippen molar-refractivity contribution in [2.24, 2.45) is 5.41 Å². The topological polar surface area (TPSA) is 119 Å². The van der Waals surface area contributed by atoms with Gasteiger partial charge in [0.15, 0.2) is 0 Å². The van der Waals surface area contributed by atoms with Crippen molar-refractivity contribution in [3.05, 3.63) is 18.2 Å². The van der Waals surface area contributed by atoms with Gasteiger partial charge >= 0.3 is 0 Å². The van der Waals surface area contributed by atoms with Crippen molar-refractivity contribution in [3.8, 4) is 5.75 Å². The number of hydrogen-bond acceptors (Lipinski definition) is 7. The smallest absolute Gasteiger partial charge is 0.247 e. The first-order chi connectivity index (χ1) is 13.0. The summed E-state index contributed by atoms with van der Waals surface area (Å²) in [5, 5.41) is 0. The monoisotopic (exact) mass is 432 g/mol. The van der Waals surface area contributed by atoms with Crippen molar-refractivity contribution < 1.29 is 31.1 Å². The van der Waals surface area contributed by atoms with Crippen LogP contribution in [0.3, 0.4) is 0 Å². The number of sulfonamides is 2. The summed E-state index contributed by atoms with van der Waals surface area (Å²) in [6.07, 6.45) is 1.43. The molecule has 9 nitrogen and oxygen atoms in total. The van der Waals surface area contributed by atoms with Crippen molar-refractivity contribution >= 4 is 31.6 Å². The van der Waals surface area contributed by atoms with Crippen molar-refractivity contribution in [2.75, 3.05) is 30.3 Å². The minimum Gasteiger partial charge on any atom is -0.495 e. The van der Waals surface area contributed by atoms with Crippen molar-refractivity contribution in [1.29, 1.82) is 0 Å². The van der Waals surface area contributed by atoms with Gasteiger partial charge in [0.05, 0.1) is 30.1 Å². The highest BCUT2D eigenvalue weighted by Crippen LogP contribution is 2.38. The lowest BCUT2D eigenvalue weighted by Gasteiger charge is -2.19. The van der Waals surface area contributed by atoms with E-state index >= 15 is 0 Å². The van der Waals surface area contributed by atoms with Crippen LogP contribution in [0, 0.1) is 5.41 Å². The molecule has 1 amide bonds. The number of carbonyl (C=O) groups is 1. The Morgan fingerprint density at radius 1 is 1.36 bits per heavy atom. The van der Waals surface area contributed by atoms with E-state index in [-0.39, 0.29) is 34.7 Å². The summed E-state index contributed by atoms with van der Waals surface area (Å²) >= 11 is 0. The Kier molecular flexibility index (Phi) is 5.47. The SMILES string of the molecule is COc1ccc(N2C(=O)C(C)(C)CS2(=O)=O)cc1S(=O)(=O)NC[C@@H]1CCCO1. The number of nitrogens with one attached hydrogen (secondary N) is 1. The molecule has 156 valence electrons. The Hall–Kier alpha value is -1.69. The van der Waals surface area contributed by atoms with Gasteiger partial charge in [0.1, 0.15) is 10.6 Å². The summed E-state index contributed by atoms with van der Waals surface area (Å²) in [6.45, 7) is 3.77. The lowest BCUT2D eigenvalue weighted by atomic mass is 9.95. The van der Waals surface area contributed by atoms with Crippen LogP contribution in [0.2, 0.25) is 0 Å². The fourth-order valence-electron chi connectivity index (χ4n) is 3.35. The van der Waals surface area contributed by atoms with E-state index in [1.54, 1.807) is 0 Å². The summed E-state index contributed by atoms with van der Waals surface area (Å²) in [4.78, 5) is 12.4. The molecule has 0 aromatic heterocycles. The van der Waals surface area contributed by atoms with Gasteiger partial charge in [-0.15, -0.1) is 0 Å². The summed E-state index contributed by atoms with van der Waals surface area (Å²) in [5.41, 5.74) is -1.12. The number of nitrogens with zero attached hydrogens (tertiary/aromatic N) is 1. The number of benzene rings is 1. The van der Waals surface area contributed by atoms with Crippen LogP contribution in [0.5, 0.6) is 5.75 Å². The molecule has 0 unspecified atom stereocenters. The van der Waals surface area contributed by atoms with Crippen LogP contribution in [0.4, 0.5) is 5.69 Å². The standard InChI is InChI=1S/C17H24N2O7S2/c1-17(2)11-27(21,22)19(16(17)20)12-6-7-14(25-3)15(9-12)28(23,24)18-10-13-5-4-8-26-13/h6-7,9,13,18H,4-5,8,10-11H2,1-3H3/t13-/m0/s1. The predicted octanol–water partition coefficient (Wildman–Crippen LogP) is 0.855. The third-order valence-electron chi connectivity index (χ3n) is 4.78. The van der Waals surface area contributed by atoms with E-state index in [0.717, 1.165) is 18.9 Å². The number of methoxy groups -OCH3 is 1. The van der Waals surface area contributed by atoms with Gasteiger partial charge in [-0.2, -0.15) is 0 Å². The maximum Gasteiger partial charge on any atom is 0.247 e. The van der Waals surface area contributed by atoms with Crippen LogP contribution in [-0.4, -0.2) is 54.9 Å². The highest BCUT2D eigenvalue weighted by molar-refractivity contribution is 7.94. The van der Waals surface area contributed by atoms with Gasteiger partial charge in [-0.05, 0) is 44.9 Å². The van der Waals surface area contributed by atoms with Gasteiger partial charge in [-0.1, -0.05) is 0 Å². The molecule has 2 saturated heterocycles. The minimum atomic E-state index is -4.01. The molecule has 2 fully saturated rings. The van der Waals surface area contributed by atoms with E-state index in [9.17, 15) is 21.6 Å². The number of hydrogen-bond donors (Lipinski definition) is 1. The number of amides is 1. The average molecular weight is 433 g/mol. The van der Waals surface area contributed by atoms with Crippen LogP contribution in [0.25, 0.3) is 0 Å². The van der Waals surface area contributed by atoms with Gasteiger partial charge in [0.2, 0.25) is 26.0 Å². The Labute approximate surface area is 165 Å². The quantitative estimate of drug-likeness (QED) is 0.708. The van der Waals surface area contributed by atoms with Crippen LogP contribution in [-0.2, 0) is 29.6 Å². The molecule has 11 heteroatoms. The zero-order valence-electron chi connectivity index (χ0n) is 16.0. The molecular weight excluding hydrogens is 408 g/mol. The summed E-state index contributed by atoms with van der Waals surface area (Å²) in [6, 6.07) is 3.84. The van der Waals surface area contributed by atoms with Gasteiger partial charge in [-0.3, -0.25) is 4.79 Å². The van der Waals surface area contributed by atoms with Crippen LogP contribution in [0.1, 0.15) is 26.7 Å². The molecule has 3 rings (SSSR count). The maximum atomic E-state index is 12.8. The van der Waals surface area contributed by atoms with E-state index in [1.165, 1.54) is 33.1 Å². The van der Waals surface area contributed by atoms with Crippen molar-refractivity contribution in [2.45, 2.75) is 37.7 Å². The first-order valence-corrected chi connectivity index (χ1v) is 11.9. The molecule has 0 aliphatic carbocycles. The number of ether oxygens (including phenoxy) is 2. The predicted molar refractivity (Wildman–Crippen MR) is 102 cm³/mol. The molecule has 0 bridgehead atoms. The minimum absolute atomic E-state index is 0.0335. The zero-order chi connectivity index (χ0) is 20.7. The van der Waals surface area contributed by atoms with Gasteiger partial charge in [-0.25, -0.2) is 25.9 Å². The largest absolute Gasteiger partial charge is 0.495 e. The highest BCUT2D eigenvalue weighted by atomic mass is 32.2. The van der Waals surface area contributed by atoms with Gasteiger partial charge < -0.3 is 9.47 Å². The second kappa shape index (κ2) is 7.29. The molecule has 0 radical (unpaired) electrons. The van der Waals surface area contributed by atoms with Gasteiger partial charge in [0.25, 0.3) is 0 Å². The number of rotatable bonds is 6. The Morgan fingerprint density at radius 3 is 2.61 bits per heavy atom. The van der Waals surface area contributed by atoms with Crippen LogP contribution >= 0.6 is 0 Å². The summed E-state index contributed by atoms with van der Waals surface area (Å²) in [5.74, 6) is -0.898. The third kappa shape index (κ3) is 3.88. The molecule has 28 heavy (non-hydrogen) atoms. The zero-order valence-corrected chi connectivity index (χ0v) is 17.6. The van der Waals surface area contributed by atoms with E-state index in [2.05, 4.69) is 4.72 Å². The third-order valence-corrected chi connectivity index (χ3v) is 8.25. The van der Waals surface area contributed by atoms with Crippen molar-refractivity contribution in [3.63, 3.8) is 0 Å². The average Bonchev–Trinajstić information content (AvgIpc) is 3.17. The Bertz CT molecular complexity index is 981. The van der Waals surface area contributed by atoms with E-state index < -0.39 is 31.4 Å². The van der Waals surface area contributed by atoms with Gasteiger partial charge in [0, 0.05) is 13.2 Å². The summed E-state index contributed by atoms with van der Waals surface area (Å²) in [7, 11) is -6.60. The van der Waals surface area contributed by atoms with E-state index in [1.807, 2.05) is 0 Å². The lowest BCUT2D eigenvalue weighted by molar-refractivity contribution is -0.123. The molecule has 1 aromatic carbocycles. The second-order valence-corrected chi connectivity index (χ2v) is 11.1. The molecule has 2 aliphatic heterocycles. The molecule has 0 saturated carbocycles. The lowest BCUT2D eigenvalue weighted by Crippen LogP contribution is -2.34. The molecule has 1 aromatic rings. The Balaban J connectivity index is 1.97. The van der Waals surface area contributed by atoms with Crippen molar-refractivity contribution in [1.82, 2.24) is 4.72 Å². The molecule has 1 N–H and O–H groups in total. The number of anilines is 1. The first-order valence-electron chi connectivity index (χ1n) is 8.85. The molecule has 2 heterocycles.